The third-order valence-electron chi connectivity index (χ3n) is 4.41. The minimum absolute atomic E-state index is 0.0134. The zero-order chi connectivity index (χ0) is 18.6. The van der Waals surface area contributed by atoms with Crippen LogP contribution >= 0.6 is 11.6 Å². The summed E-state index contributed by atoms with van der Waals surface area (Å²) in [4.78, 5) is 12.1. The molecule has 1 aromatic carbocycles. The molecule has 1 aliphatic rings. The maximum absolute atomic E-state index is 12.2. The number of carbonyl (C=O) groups excluding carboxylic acids is 1. The zero-order valence-electron chi connectivity index (χ0n) is 14.2. The van der Waals surface area contributed by atoms with Crippen molar-refractivity contribution in [3.63, 3.8) is 0 Å². The first kappa shape index (κ1) is 18.8. The van der Waals surface area contributed by atoms with Gasteiger partial charge in [0.2, 0.25) is 11.8 Å². The fourth-order valence-corrected chi connectivity index (χ4v) is 4.33. The molecule has 1 aromatic heterocycles. The molecule has 0 saturated heterocycles. The van der Waals surface area contributed by atoms with Gasteiger partial charge in [0.1, 0.15) is 0 Å². The molecule has 2 aromatic rings. The molecule has 1 aliphatic carbocycles. The Balaban J connectivity index is 1.54. The molecule has 0 spiro atoms. The second-order valence-corrected chi connectivity index (χ2v) is 8.90. The number of rotatable bonds is 6. The van der Waals surface area contributed by atoms with Crippen molar-refractivity contribution in [1.29, 1.82) is 0 Å². The highest BCUT2D eigenvalue weighted by molar-refractivity contribution is 7.91. The van der Waals surface area contributed by atoms with Crippen LogP contribution in [0.1, 0.15) is 50.3 Å². The van der Waals surface area contributed by atoms with Crippen molar-refractivity contribution in [3.05, 3.63) is 35.2 Å². The number of benzene rings is 1. The normalized spacial score (nSPS) is 15.7. The summed E-state index contributed by atoms with van der Waals surface area (Å²) in [5, 5.41) is 10.7. The fraction of sp³-hybridized carbons (Fsp3) is 0.471. The highest BCUT2D eigenvalue weighted by Gasteiger charge is 2.22. The van der Waals surface area contributed by atoms with Crippen molar-refractivity contribution in [1.82, 2.24) is 10.2 Å². The Morgan fingerprint density at radius 3 is 2.54 bits per heavy atom. The van der Waals surface area contributed by atoms with Crippen LogP contribution in [0, 0.1) is 0 Å². The summed E-state index contributed by atoms with van der Waals surface area (Å²) >= 11 is 5.76. The largest absolute Gasteiger partial charge is 0.408 e. The lowest BCUT2D eigenvalue weighted by atomic mass is 9.89. The van der Waals surface area contributed by atoms with Crippen LogP contribution < -0.4 is 5.32 Å². The van der Waals surface area contributed by atoms with Crippen LogP contribution in [0.2, 0.25) is 5.02 Å². The van der Waals surface area contributed by atoms with Crippen molar-refractivity contribution in [2.45, 2.75) is 49.3 Å². The highest BCUT2D eigenvalue weighted by Crippen LogP contribution is 2.32. The number of carbonyl (C=O) groups is 1. The highest BCUT2D eigenvalue weighted by atomic mass is 35.5. The molecule has 1 N–H and O–H groups in total. The van der Waals surface area contributed by atoms with Crippen molar-refractivity contribution in [2.75, 3.05) is 11.1 Å². The van der Waals surface area contributed by atoms with E-state index in [2.05, 4.69) is 15.5 Å². The molecule has 0 atom stereocenters. The third-order valence-corrected chi connectivity index (χ3v) is 6.40. The first-order chi connectivity index (χ1) is 12.4. The number of nitrogens with zero attached hydrogens (tertiary/aromatic N) is 2. The molecule has 3 rings (SSSR count). The molecule has 140 valence electrons. The van der Waals surface area contributed by atoms with E-state index in [4.69, 9.17) is 16.0 Å². The number of hydrogen-bond donors (Lipinski definition) is 1. The standard InChI is InChI=1S/C17H20ClN3O4S/c18-13-6-8-14(9-7-13)26(23,24)11-10-15(22)19-17-21-20-16(25-17)12-4-2-1-3-5-12/h6-9,12H,1-5,10-11H2,(H,19,21,22). The van der Waals surface area contributed by atoms with E-state index < -0.39 is 15.7 Å². The van der Waals surface area contributed by atoms with Gasteiger partial charge in [-0.05, 0) is 37.1 Å². The van der Waals surface area contributed by atoms with E-state index in [1.54, 1.807) is 0 Å². The van der Waals surface area contributed by atoms with E-state index in [-0.39, 0.29) is 29.0 Å². The summed E-state index contributed by atoms with van der Waals surface area (Å²) in [7, 11) is -3.56. The molecule has 1 heterocycles. The van der Waals surface area contributed by atoms with Crippen LogP contribution in [0.3, 0.4) is 0 Å². The van der Waals surface area contributed by atoms with E-state index in [0.29, 0.717) is 10.9 Å². The molecule has 0 aliphatic heterocycles. The summed E-state index contributed by atoms with van der Waals surface area (Å²) in [6.45, 7) is 0. The third kappa shape index (κ3) is 4.82. The smallest absolute Gasteiger partial charge is 0.322 e. The number of aromatic nitrogens is 2. The Bertz CT molecular complexity index is 858. The van der Waals surface area contributed by atoms with Gasteiger partial charge in [0.05, 0.1) is 10.6 Å². The maximum Gasteiger partial charge on any atom is 0.322 e. The van der Waals surface area contributed by atoms with Crippen molar-refractivity contribution in [2.24, 2.45) is 0 Å². The number of hydrogen-bond acceptors (Lipinski definition) is 6. The van der Waals surface area contributed by atoms with Crippen molar-refractivity contribution in [3.8, 4) is 0 Å². The number of sulfone groups is 1. The van der Waals surface area contributed by atoms with Crippen LogP contribution in [0.4, 0.5) is 6.01 Å². The summed E-state index contributed by atoms with van der Waals surface area (Å²) < 4.78 is 30.0. The summed E-state index contributed by atoms with van der Waals surface area (Å²) in [5.74, 6) is -0.0215. The predicted molar refractivity (Wildman–Crippen MR) is 96.9 cm³/mol. The fourth-order valence-electron chi connectivity index (χ4n) is 2.97. The van der Waals surface area contributed by atoms with Crippen LogP contribution in [0.15, 0.2) is 33.6 Å². The molecular formula is C17H20ClN3O4S. The Morgan fingerprint density at radius 1 is 1.15 bits per heavy atom. The number of amides is 1. The van der Waals surface area contributed by atoms with Crippen molar-refractivity contribution < 1.29 is 17.6 Å². The first-order valence-electron chi connectivity index (χ1n) is 8.55. The molecule has 26 heavy (non-hydrogen) atoms. The van der Waals surface area contributed by atoms with Gasteiger partial charge in [-0.25, -0.2) is 8.42 Å². The minimum atomic E-state index is -3.56. The van der Waals surface area contributed by atoms with Gasteiger partial charge in [0.15, 0.2) is 9.84 Å². The molecule has 0 radical (unpaired) electrons. The lowest BCUT2D eigenvalue weighted by Crippen LogP contribution is -2.17. The molecule has 0 bridgehead atoms. The minimum Gasteiger partial charge on any atom is -0.408 e. The van der Waals surface area contributed by atoms with Crippen LogP contribution in [0.5, 0.6) is 0 Å². The maximum atomic E-state index is 12.2. The Labute approximate surface area is 157 Å². The number of anilines is 1. The van der Waals surface area contributed by atoms with E-state index >= 15 is 0 Å². The monoisotopic (exact) mass is 397 g/mol. The second-order valence-electron chi connectivity index (χ2n) is 6.35. The van der Waals surface area contributed by atoms with E-state index in [0.717, 1.165) is 25.7 Å². The lowest BCUT2D eigenvalue weighted by molar-refractivity contribution is -0.116. The molecule has 9 heteroatoms. The molecule has 7 nitrogen and oxygen atoms in total. The van der Waals surface area contributed by atoms with E-state index in [1.165, 1.54) is 30.7 Å². The Kier molecular flexibility index (Phi) is 5.93. The number of nitrogens with one attached hydrogen (secondary N) is 1. The Hall–Kier alpha value is -1.93. The zero-order valence-corrected chi connectivity index (χ0v) is 15.7. The Morgan fingerprint density at radius 2 is 1.85 bits per heavy atom. The molecule has 0 unspecified atom stereocenters. The molecule has 1 saturated carbocycles. The predicted octanol–water partition coefficient (Wildman–Crippen LogP) is 3.57. The van der Waals surface area contributed by atoms with Gasteiger partial charge in [-0.15, -0.1) is 5.10 Å². The summed E-state index contributed by atoms with van der Waals surface area (Å²) in [6, 6.07) is 5.85. The van der Waals surface area contributed by atoms with Crippen LogP contribution in [-0.4, -0.2) is 30.3 Å². The molecule has 1 amide bonds. The van der Waals surface area contributed by atoms with Gasteiger partial charge in [0, 0.05) is 17.4 Å². The van der Waals surface area contributed by atoms with E-state index in [1.807, 2.05) is 0 Å². The molecule has 1 fully saturated rings. The first-order valence-corrected chi connectivity index (χ1v) is 10.6. The number of halogens is 1. The summed E-state index contributed by atoms with van der Waals surface area (Å²) in [5.41, 5.74) is 0. The van der Waals surface area contributed by atoms with E-state index in [9.17, 15) is 13.2 Å². The average molecular weight is 398 g/mol. The van der Waals surface area contributed by atoms with Gasteiger partial charge in [0.25, 0.3) is 0 Å². The molecular weight excluding hydrogens is 378 g/mol. The van der Waals surface area contributed by atoms with Crippen LogP contribution in [-0.2, 0) is 14.6 Å². The lowest BCUT2D eigenvalue weighted by Gasteiger charge is -2.17. The SMILES string of the molecule is O=C(CCS(=O)(=O)c1ccc(Cl)cc1)Nc1nnc(C2CCCCC2)o1. The summed E-state index contributed by atoms with van der Waals surface area (Å²) in [6.07, 6.45) is 5.31. The van der Waals surface area contributed by atoms with Gasteiger partial charge in [-0.2, -0.15) is 0 Å². The second kappa shape index (κ2) is 8.18. The quantitative estimate of drug-likeness (QED) is 0.799. The topological polar surface area (TPSA) is 102 Å². The van der Waals surface area contributed by atoms with Gasteiger partial charge in [-0.3, -0.25) is 10.1 Å². The van der Waals surface area contributed by atoms with Crippen LogP contribution in [0.25, 0.3) is 0 Å². The van der Waals surface area contributed by atoms with Gasteiger partial charge >= 0.3 is 6.01 Å². The van der Waals surface area contributed by atoms with Gasteiger partial charge < -0.3 is 4.42 Å². The van der Waals surface area contributed by atoms with Crippen molar-refractivity contribution >= 4 is 33.4 Å². The average Bonchev–Trinajstić information content (AvgIpc) is 3.10. The van der Waals surface area contributed by atoms with Gasteiger partial charge in [-0.1, -0.05) is 36.0 Å².